The molecule has 0 aromatic heterocycles. The molecule has 2 aromatic rings. The molecule has 2 amide bonds. The van der Waals surface area contributed by atoms with Gasteiger partial charge in [-0.05, 0) is 42.5 Å². The molecule has 0 saturated carbocycles. The number of halogens is 3. The molecular formula is C17H12F3N3O3. The van der Waals surface area contributed by atoms with Crippen LogP contribution in [0.2, 0.25) is 0 Å². The van der Waals surface area contributed by atoms with Crippen molar-refractivity contribution in [1.82, 2.24) is 0 Å². The summed E-state index contributed by atoms with van der Waals surface area (Å²) in [6.07, 6.45) is -5.11. The summed E-state index contributed by atoms with van der Waals surface area (Å²) in [6, 6.07) is 12.4. The van der Waals surface area contributed by atoms with E-state index in [0.717, 1.165) is 12.1 Å². The number of nitriles is 1. The van der Waals surface area contributed by atoms with Gasteiger partial charge in [-0.25, -0.2) is 0 Å². The first kappa shape index (κ1) is 18.8. The molecule has 0 radical (unpaired) electrons. The molecule has 0 atom stereocenters. The minimum absolute atomic E-state index is 0.218. The van der Waals surface area contributed by atoms with E-state index < -0.39 is 23.9 Å². The van der Waals surface area contributed by atoms with Crippen molar-refractivity contribution in [3.8, 4) is 11.8 Å². The average Bonchev–Trinajstić information content (AvgIpc) is 2.56. The van der Waals surface area contributed by atoms with Gasteiger partial charge in [0.1, 0.15) is 12.2 Å². The van der Waals surface area contributed by atoms with E-state index in [-0.39, 0.29) is 17.7 Å². The van der Waals surface area contributed by atoms with Crippen LogP contribution >= 0.6 is 0 Å². The van der Waals surface area contributed by atoms with Crippen LogP contribution in [0.1, 0.15) is 16.8 Å². The summed E-state index contributed by atoms with van der Waals surface area (Å²) in [5.41, 5.74) is 0.825. The van der Waals surface area contributed by atoms with E-state index in [0.29, 0.717) is 5.69 Å². The summed E-state index contributed by atoms with van der Waals surface area (Å²) in [4.78, 5) is 23.6. The number of amides is 2. The van der Waals surface area contributed by atoms with Crippen LogP contribution in [0.15, 0.2) is 48.5 Å². The van der Waals surface area contributed by atoms with Crippen LogP contribution in [0.5, 0.6) is 5.75 Å². The molecule has 0 spiro atoms. The number of rotatable bonds is 5. The molecule has 9 heteroatoms. The van der Waals surface area contributed by atoms with Crippen molar-refractivity contribution in [1.29, 1.82) is 5.26 Å². The molecule has 0 heterocycles. The van der Waals surface area contributed by atoms with Crippen LogP contribution in [0.4, 0.5) is 24.5 Å². The maximum atomic E-state index is 12.2. The Morgan fingerprint density at radius 2 is 1.73 bits per heavy atom. The maximum absolute atomic E-state index is 12.2. The molecule has 2 rings (SSSR count). The fraction of sp³-hybridized carbons (Fsp3) is 0.118. The van der Waals surface area contributed by atoms with Crippen LogP contribution in [0.25, 0.3) is 0 Å². The van der Waals surface area contributed by atoms with Gasteiger partial charge in [0, 0.05) is 16.9 Å². The number of carbonyl (C=O) groups excluding carboxylic acids is 2. The van der Waals surface area contributed by atoms with Crippen molar-refractivity contribution in [3.05, 3.63) is 54.1 Å². The number of anilines is 2. The van der Waals surface area contributed by atoms with Crippen molar-refractivity contribution in [2.24, 2.45) is 0 Å². The van der Waals surface area contributed by atoms with Crippen LogP contribution in [0, 0.1) is 11.3 Å². The quantitative estimate of drug-likeness (QED) is 0.848. The molecule has 0 saturated heterocycles. The molecule has 0 aliphatic heterocycles. The van der Waals surface area contributed by atoms with E-state index in [1.807, 2.05) is 0 Å². The summed E-state index contributed by atoms with van der Waals surface area (Å²) in [5.74, 6) is -1.44. The zero-order valence-corrected chi connectivity index (χ0v) is 13.1. The number of nitrogens with zero attached hydrogens (tertiary/aromatic N) is 1. The molecule has 26 heavy (non-hydrogen) atoms. The largest absolute Gasteiger partial charge is 0.573 e. The lowest BCUT2D eigenvalue weighted by Gasteiger charge is -2.10. The van der Waals surface area contributed by atoms with Crippen LogP contribution in [0.3, 0.4) is 0 Å². The van der Waals surface area contributed by atoms with Gasteiger partial charge in [0.05, 0.1) is 6.07 Å². The number of alkyl halides is 3. The summed E-state index contributed by atoms with van der Waals surface area (Å²) in [7, 11) is 0. The lowest BCUT2D eigenvalue weighted by molar-refractivity contribution is -0.274. The zero-order chi connectivity index (χ0) is 19.2. The zero-order valence-electron chi connectivity index (χ0n) is 13.1. The third kappa shape index (κ3) is 5.83. The SMILES string of the molecule is N#CCC(=O)Nc1cccc(C(=O)Nc2ccc(OC(F)(F)F)cc2)c1. The molecule has 6 nitrogen and oxygen atoms in total. The fourth-order valence-electron chi connectivity index (χ4n) is 1.96. The van der Waals surface area contributed by atoms with Crippen molar-refractivity contribution in [2.45, 2.75) is 12.8 Å². The predicted molar refractivity (Wildman–Crippen MR) is 86.4 cm³/mol. The van der Waals surface area contributed by atoms with Crippen molar-refractivity contribution < 1.29 is 27.5 Å². The van der Waals surface area contributed by atoms with Crippen molar-refractivity contribution in [3.63, 3.8) is 0 Å². The summed E-state index contributed by atoms with van der Waals surface area (Å²) >= 11 is 0. The fourth-order valence-corrected chi connectivity index (χ4v) is 1.96. The first-order valence-corrected chi connectivity index (χ1v) is 7.21. The second kappa shape index (κ2) is 8.02. The Bertz CT molecular complexity index is 843. The lowest BCUT2D eigenvalue weighted by atomic mass is 10.1. The van der Waals surface area contributed by atoms with Gasteiger partial charge >= 0.3 is 6.36 Å². The van der Waals surface area contributed by atoms with E-state index in [1.165, 1.54) is 30.3 Å². The van der Waals surface area contributed by atoms with E-state index in [2.05, 4.69) is 15.4 Å². The summed E-state index contributed by atoms with van der Waals surface area (Å²) < 4.78 is 40.1. The minimum Gasteiger partial charge on any atom is -0.406 e. The number of ether oxygens (including phenoxy) is 1. The third-order valence-electron chi connectivity index (χ3n) is 2.99. The van der Waals surface area contributed by atoms with E-state index in [1.54, 1.807) is 12.1 Å². The van der Waals surface area contributed by atoms with Gasteiger partial charge in [0.25, 0.3) is 5.91 Å². The smallest absolute Gasteiger partial charge is 0.406 e. The Labute approximate surface area is 146 Å². The molecule has 0 unspecified atom stereocenters. The molecule has 134 valence electrons. The molecule has 0 fully saturated rings. The first-order chi connectivity index (χ1) is 12.3. The second-order valence-corrected chi connectivity index (χ2v) is 4.99. The van der Waals surface area contributed by atoms with E-state index >= 15 is 0 Å². The molecule has 2 aromatic carbocycles. The minimum atomic E-state index is -4.79. The molecule has 0 bridgehead atoms. The van der Waals surface area contributed by atoms with E-state index in [4.69, 9.17) is 5.26 Å². The summed E-state index contributed by atoms with van der Waals surface area (Å²) in [5, 5.41) is 13.4. The van der Waals surface area contributed by atoms with Gasteiger partial charge in [0.15, 0.2) is 0 Å². The Kier molecular flexibility index (Phi) is 5.80. The van der Waals surface area contributed by atoms with Crippen LogP contribution in [-0.4, -0.2) is 18.2 Å². The number of nitrogens with one attached hydrogen (secondary N) is 2. The van der Waals surface area contributed by atoms with Gasteiger partial charge in [-0.2, -0.15) is 5.26 Å². The van der Waals surface area contributed by atoms with E-state index in [9.17, 15) is 22.8 Å². The highest BCUT2D eigenvalue weighted by Crippen LogP contribution is 2.24. The number of hydrogen-bond acceptors (Lipinski definition) is 4. The van der Waals surface area contributed by atoms with Gasteiger partial charge in [-0.1, -0.05) is 6.07 Å². The highest BCUT2D eigenvalue weighted by atomic mass is 19.4. The average molecular weight is 363 g/mol. The standard InChI is InChI=1S/C17H12F3N3O3/c18-17(19,20)26-14-6-4-12(5-7-14)23-16(25)11-2-1-3-13(10-11)22-15(24)8-9-21/h1-7,10H,8H2,(H,22,24)(H,23,25). The predicted octanol–water partition coefficient (Wildman–Crippen LogP) is 3.69. The maximum Gasteiger partial charge on any atom is 0.573 e. The number of carbonyl (C=O) groups is 2. The first-order valence-electron chi connectivity index (χ1n) is 7.21. The Morgan fingerprint density at radius 3 is 2.35 bits per heavy atom. The van der Waals surface area contributed by atoms with Gasteiger partial charge in [0.2, 0.25) is 5.91 Å². The number of hydrogen-bond donors (Lipinski definition) is 2. The van der Waals surface area contributed by atoms with Gasteiger partial charge < -0.3 is 15.4 Å². The molecular weight excluding hydrogens is 351 g/mol. The van der Waals surface area contributed by atoms with Crippen molar-refractivity contribution >= 4 is 23.2 Å². The Balaban J connectivity index is 2.03. The van der Waals surface area contributed by atoms with Crippen molar-refractivity contribution in [2.75, 3.05) is 10.6 Å². The highest BCUT2D eigenvalue weighted by molar-refractivity contribution is 6.05. The highest BCUT2D eigenvalue weighted by Gasteiger charge is 2.30. The van der Waals surface area contributed by atoms with Gasteiger partial charge in [-0.3, -0.25) is 9.59 Å². The third-order valence-corrected chi connectivity index (χ3v) is 2.99. The summed E-state index contributed by atoms with van der Waals surface area (Å²) in [6.45, 7) is 0. The topological polar surface area (TPSA) is 91.2 Å². The second-order valence-electron chi connectivity index (χ2n) is 4.99. The van der Waals surface area contributed by atoms with Crippen LogP contribution in [-0.2, 0) is 4.79 Å². The lowest BCUT2D eigenvalue weighted by Crippen LogP contribution is -2.17. The molecule has 2 N–H and O–H groups in total. The van der Waals surface area contributed by atoms with Crippen LogP contribution < -0.4 is 15.4 Å². The molecule has 0 aliphatic rings. The van der Waals surface area contributed by atoms with Gasteiger partial charge in [-0.15, -0.1) is 13.2 Å². The number of benzene rings is 2. The monoisotopic (exact) mass is 363 g/mol. The molecule has 0 aliphatic carbocycles. The Morgan fingerprint density at radius 1 is 1.04 bits per heavy atom. The normalized spacial score (nSPS) is 10.5. The Hall–Kier alpha value is -3.54.